The number of halogens is 3. The average Bonchev–Trinajstić information content (AvgIpc) is 2.96. The quantitative estimate of drug-likeness (QED) is 0.412. The Bertz CT molecular complexity index is 1020. The van der Waals surface area contributed by atoms with E-state index in [2.05, 4.69) is 26.3 Å². The van der Waals surface area contributed by atoms with Gasteiger partial charge in [-0.3, -0.25) is 19.6 Å². The van der Waals surface area contributed by atoms with Gasteiger partial charge in [0.1, 0.15) is 0 Å². The van der Waals surface area contributed by atoms with E-state index in [1.807, 2.05) is 0 Å². The summed E-state index contributed by atoms with van der Waals surface area (Å²) in [6, 6.07) is 10.5. The minimum atomic E-state index is -0.526. The summed E-state index contributed by atoms with van der Waals surface area (Å²) in [5.74, 6) is -0.108. The lowest BCUT2D eigenvalue weighted by Crippen LogP contribution is -2.13. The molecule has 0 fully saturated rings. The lowest BCUT2D eigenvalue weighted by atomic mass is 10.2. The average molecular weight is 470 g/mol. The molecule has 1 aromatic heterocycles. The Morgan fingerprint density at radius 3 is 2.56 bits per heavy atom. The van der Waals surface area contributed by atoms with Gasteiger partial charge in [-0.1, -0.05) is 29.3 Å². The van der Waals surface area contributed by atoms with E-state index in [9.17, 15) is 14.9 Å². The molecule has 10 heteroatoms. The number of benzene rings is 2. The van der Waals surface area contributed by atoms with Gasteiger partial charge >= 0.3 is 0 Å². The second-order valence-electron chi connectivity index (χ2n) is 5.52. The molecular weight excluding hydrogens is 459 g/mol. The van der Waals surface area contributed by atoms with Crippen molar-refractivity contribution in [2.75, 3.05) is 5.32 Å². The van der Waals surface area contributed by atoms with Gasteiger partial charge in [0.05, 0.1) is 15.9 Å². The van der Waals surface area contributed by atoms with Gasteiger partial charge in [-0.2, -0.15) is 5.10 Å². The molecule has 0 saturated carbocycles. The van der Waals surface area contributed by atoms with E-state index in [0.29, 0.717) is 26.9 Å². The fraction of sp³-hybridized carbons (Fsp3) is 0.0588. The number of rotatable bonds is 5. The number of anilines is 1. The maximum absolute atomic E-state index is 12.3. The molecule has 7 nitrogen and oxygen atoms in total. The first-order chi connectivity index (χ1) is 12.8. The highest BCUT2D eigenvalue weighted by Crippen LogP contribution is 2.25. The van der Waals surface area contributed by atoms with E-state index in [1.54, 1.807) is 29.1 Å². The van der Waals surface area contributed by atoms with Crippen LogP contribution in [0.1, 0.15) is 15.9 Å². The molecule has 0 saturated heterocycles. The lowest BCUT2D eigenvalue weighted by molar-refractivity contribution is -0.384. The van der Waals surface area contributed by atoms with Crippen molar-refractivity contribution in [1.82, 2.24) is 9.78 Å². The van der Waals surface area contributed by atoms with Crippen LogP contribution in [0.25, 0.3) is 0 Å². The molecule has 0 atom stereocenters. The van der Waals surface area contributed by atoms with Crippen LogP contribution in [0.3, 0.4) is 0 Å². The van der Waals surface area contributed by atoms with Crippen LogP contribution in [0.4, 0.5) is 11.5 Å². The Morgan fingerprint density at radius 2 is 1.93 bits per heavy atom. The second-order valence-corrected chi connectivity index (χ2v) is 7.22. The monoisotopic (exact) mass is 468 g/mol. The van der Waals surface area contributed by atoms with Crippen LogP contribution in [0, 0.1) is 10.1 Å². The van der Waals surface area contributed by atoms with Crippen LogP contribution in [-0.2, 0) is 6.54 Å². The summed E-state index contributed by atoms with van der Waals surface area (Å²) in [5.41, 5.74) is 1.02. The van der Waals surface area contributed by atoms with E-state index < -0.39 is 10.8 Å². The van der Waals surface area contributed by atoms with Crippen molar-refractivity contribution in [1.29, 1.82) is 0 Å². The highest BCUT2D eigenvalue weighted by Gasteiger charge is 2.14. The molecule has 138 valence electrons. The molecular formula is C17H11BrCl2N4O3. The van der Waals surface area contributed by atoms with Gasteiger partial charge in [0, 0.05) is 33.9 Å². The van der Waals surface area contributed by atoms with Crippen LogP contribution in [-0.4, -0.2) is 20.6 Å². The number of nitro benzene ring substituents is 1. The van der Waals surface area contributed by atoms with Crippen molar-refractivity contribution in [2.24, 2.45) is 0 Å². The van der Waals surface area contributed by atoms with Crippen molar-refractivity contribution < 1.29 is 9.72 Å². The Labute approximate surface area is 172 Å². The summed E-state index contributed by atoms with van der Waals surface area (Å²) in [6.07, 6.45) is 1.70. The zero-order valence-corrected chi connectivity index (χ0v) is 16.6. The maximum Gasteiger partial charge on any atom is 0.269 e. The number of nitro groups is 1. The number of hydrogen-bond donors (Lipinski definition) is 1. The van der Waals surface area contributed by atoms with Crippen LogP contribution < -0.4 is 5.32 Å². The number of non-ortho nitro benzene ring substituents is 1. The molecule has 0 bridgehead atoms. The second kappa shape index (κ2) is 8.08. The first kappa shape index (κ1) is 19.3. The van der Waals surface area contributed by atoms with Gasteiger partial charge in [-0.15, -0.1) is 0 Å². The molecule has 0 unspecified atom stereocenters. The minimum absolute atomic E-state index is 0.0862. The third kappa shape index (κ3) is 4.65. The Hall–Kier alpha value is -2.42. The van der Waals surface area contributed by atoms with Crippen molar-refractivity contribution in [3.63, 3.8) is 0 Å². The van der Waals surface area contributed by atoms with Gasteiger partial charge < -0.3 is 5.32 Å². The van der Waals surface area contributed by atoms with Gasteiger partial charge in [-0.25, -0.2) is 0 Å². The number of nitrogens with one attached hydrogen (secondary N) is 1. The standard InChI is InChI=1S/C17H11BrCl2N4O3/c18-14-9-23(8-11-1-4-12(19)7-15(11)20)22-16(14)21-17(25)10-2-5-13(6-3-10)24(26)27/h1-7,9H,8H2,(H,21,22,25). The molecule has 27 heavy (non-hydrogen) atoms. The number of amides is 1. The first-order valence-corrected chi connectivity index (χ1v) is 9.11. The van der Waals surface area contributed by atoms with Crippen LogP contribution >= 0.6 is 39.1 Å². The highest BCUT2D eigenvalue weighted by molar-refractivity contribution is 9.10. The normalized spacial score (nSPS) is 10.6. The fourth-order valence-electron chi connectivity index (χ4n) is 2.30. The minimum Gasteiger partial charge on any atom is -0.304 e. The third-order valence-corrected chi connectivity index (χ3v) is 4.80. The Morgan fingerprint density at radius 1 is 1.22 bits per heavy atom. The van der Waals surface area contributed by atoms with Crippen LogP contribution in [0.15, 0.2) is 53.1 Å². The topological polar surface area (TPSA) is 90.1 Å². The van der Waals surface area contributed by atoms with E-state index in [0.717, 1.165) is 5.56 Å². The lowest BCUT2D eigenvalue weighted by Gasteiger charge is -2.05. The molecule has 0 aliphatic rings. The summed E-state index contributed by atoms with van der Waals surface area (Å²) in [6.45, 7) is 0.391. The fourth-order valence-corrected chi connectivity index (χ4v) is 3.18. The van der Waals surface area contributed by atoms with E-state index >= 15 is 0 Å². The Kier molecular flexibility index (Phi) is 5.79. The molecule has 0 aliphatic heterocycles. The van der Waals surface area contributed by atoms with Crippen molar-refractivity contribution in [3.05, 3.63) is 84.4 Å². The summed E-state index contributed by atoms with van der Waals surface area (Å²) in [4.78, 5) is 22.5. The van der Waals surface area contributed by atoms with Gasteiger partial charge in [-0.05, 0) is 45.8 Å². The highest BCUT2D eigenvalue weighted by atomic mass is 79.9. The summed E-state index contributed by atoms with van der Waals surface area (Å²) < 4.78 is 2.20. The van der Waals surface area contributed by atoms with Gasteiger partial charge in [0.2, 0.25) is 0 Å². The summed E-state index contributed by atoms with van der Waals surface area (Å²) in [7, 11) is 0. The number of aromatic nitrogens is 2. The maximum atomic E-state index is 12.3. The number of nitrogens with zero attached hydrogens (tertiary/aromatic N) is 3. The van der Waals surface area contributed by atoms with Gasteiger partial charge in [0.15, 0.2) is 5.82 Å². The first-order valence-electron chi connectivity index (χ1n) is 7.56. The molecule has 1 amide bonds. The van der Waals surface area contributed by atoms with Crippen molar-refractivity contribution >= 4 is 56.5 Å². The predicted octanol–water partition coefficient (Wildman–Crippen LogP) is 5.16. The smallest absolute Gasteiger partial charge is 0.269 e. The van der Waals surface area contributed by atoms with Crippen molar-refractivity contribution in [2.45, 2.75) is 6.54 Å². The molecule has 0 spiro atoms. The molecule has 3 rings (SSSR count). The van der Waals surface area contributed by atoms with Gasteiger partial charge in [0.25, 0.3) is 11.6 Å². The largest absolute Gasteiger partial charge is 0.304 e. The van der Waals surface area contributed by atoms with Crippen LogP contribution in [0.5, 0.6) is 0 Å². The molecule has 1 heterocycles. The molecule has 2 aromatic carbocycles. The molecule has 0 radical (unpaired) electrons. The predicted molar refractivity (Wildman–Crippen MR) is 107 cm³/mol. The zero-order valence-electron chi connectivity index (χ0n) is 13.5. The molecule has 3 aromatic rings. The SMILES string of the molecule is O=C(Nc1nn(Cc2ccc(Cl)cc2Cl)cc1Br)c1ccc([N+](=O)[O-])cc1. The van der Waals surface area contributed by atoms with E-state index in [4.69, 9.17) is 23.2 Å². The zero-order chi connectivity index (χ0) is 19.6. The Balaban J connectivity index is 1.74. The molecule has 0 aliphatic carbocycles. The summed E-state index contributed by atoms with van der Waals surface area (Å²) in [5, 5.41) is 18.7. The van der Waals surface area contributed by atoms with Crippen molar-refractivity contribution in [3.8, 4) is 0 Å². The third-order valence-electron chi connectivity index (χ3n) is 3.64. The number of carbonyl (C=O) groups excluding carboxylic acids is 1. The summed E-state index contributed by atoms with van der Waals surface area (Å²) >= 11 is 15.4. The van der Waals surface area contributed by atoms with Crippen LogP contribution in [0.2, 0.25) is 10.0 Å². The molecule has 1 N–H and O–H groups in total. The van der Waals surface area contributed by atoms with E-state index in [1.165, 1.54) is 24.3 Å². The van der Waals surface area contributed by atoms with E-state index in [-0.39, 0.29) is 11.3 Å². The number of hydrogen-bond acceptors (Lipinski definition) is 4. The number of carbonyl (C=O) groups is 1.